The van der Waals surface area contributed by atoms with Gasteiger partial charge in [0.25, 0.3) is 0 Å². The van der Waals surface area contributed by atoms with Crippen molar-refractivity contribution in [2.24, 2.45) is 12.5 Å². The fraction of sp³-hybridized carbons (Fsp3) is 0.471. The van der Waals surface area contributed by atoms with Crippen LogP contribution < -0.4 is 0 Å². The highest BCUT2D eigenvalue weighted by molar-refractivity contribution is 5.19. The van der Waals surface area contributed by atoms with E-state index in [1.165, 1.54) is 0 Å². The Balaban J connectivity index is 2.23. The molecule has 4 heteroatoms. The third-order valence-corrected chi connectivity index (χ3v) is 4.04. The van der Waals surface area contributed by atoms with E-state index in [4.69, 9.17) is 0 Å². The lowest BCUT2D eigenvalue weighted by molar-refractivity contribution is 0.0532. The second kappa shape index (κ2) is 6.87. The molecule has 114 valence electrons. The first-order valence-electron chi connectivity index (χ1n) is 7.40. The molecule has 2 N–H and O–H groups in total. The van der Waals surface area contributed by atoms with Gasteiger partial charge in [-0.05, 0) is 30.9 Å². The van der Waals surface area contributed by atoms with Crippen molar-refractivity contribution in [2.75, 3.05) is 13.2 Å². The predicted molar refractivity (Wildman–Crippen MR) is 83.0 cm³/mol. The third kappa shape index (κ3) is 3.71. The summed E-state index contributed by atoms with van der Waals surface area (Å²) in [6.07, 6.45) is 2.14. The number of aryl methyl sites for hydroxylation is 2. The molecule has 0 aliphatic rings. The molecule has 0 spiro atoms. The normalized spacial score (nSPS) is 11.8. The number of aliphatic hydroxyl groups excluding tert-OH is 2. The van der Waals surface area contributed by atoms with Crippen molar-refractivity contribution in [2.45, 2.75) is 26.2 Å². The Labute approximate surface area is 126 Å². The molecule has 0 bridgehead atoms. The van der Waals surface area contributed by atoms with Crippen molar-refractivity contribution in [3.8, 4) is 0 Å². The van der Waals surface area contributed by atoms with Gasteiger partial charge in [0.15, 0.2) is 0 Å². The molecule has 0 amide bonds. The average molecular weight is 288 g/mol. The van der Waals surface area contributed by atoms with Gasteiger partial charge < -0.3 is 10.2 Å². The summed E-state index contributed by atoms with van der Waals surface area (Å²) in [6, 6.07) is 12.0. The molecule has 1 heterocycles. The van der Waals surface area contributed by atoms with Crippen LogP contribution in [0.3, 0.4) is 0 Å². The van der Waals surface area contributed by atoms with Crippen LogP contribution in [0.25, 0.3) is 0 Å². The Bertz CT molecular complexity index is 559. The van der Waals surface area contributed by atoms with E-state index >= 15 is 0 Å². The van der Waals surface area contributed by atoms with Crippen LogP contribution in [0.5, 0.6) is 0 Å². The van der Waals surface area contributed by atoms with E-state index in [1.54, 1.807) is 0 Å². The van der Waals surface area contributed by atoms with Crippen LogP contribution in [0.4, 0.5) is 0 Å². The maximum Gasteiger partial charge on any atom is 0.0624 e. The lowest BCUT2D eigenvalue weighted by Crippen LogP contribution is -2.35. The lowest BCUT2D eigenvalue weighted by Gasteiger charge is -2.30. The zero-order valence-electron chi connectivity index (χ0n) is 12.8. The summed E-state index contributed by atoms with van der Waals surface area (Å²) in [5.41, 5.74) is 2.65. The van der Waals surface area contributed by atoms with E-state index in [2.05, 4.69) is 18.1 Å². The Hall–Kier alpha value is -1.65. The summed E-state index contributed by atoms with van der Waals surface area (Å²) >= 11 is 0. The zero-order chi connectivity index (χ0) is 15.3. The second-order valence-electron chi connectivity index (χ2n) is 5.76. The molecule has 0 radical (unpaired) electrons. The van der Waals surface area contributed by atoms with Gasteiger partial charge in [-0.2, -0.15) is 5.10 Å². The molecule has 2 rings (SSSR count). The van der Waals surface area contributed by atoms with Crippen molar-refractivity contribution in [3.63, 3.8) is 0 Å². The monoisotopic (exact) mass is 288 g/mol. The minimum Gasteiger partial charge on any atom is -0.396 e. The molecular formula is C17H24N2O2. The number of nitrogens with zero attached hydrogens (tertiary/aromatic N) is 2. The third-order valence-electron chi connectivity index (χ3n) is 4.04. The summed E-state index contributed by atoms with van der Waals surface area (Å²) in [5, 5.41) is 24.2. The highest BCUT2D eigenvalue weighted by atomic mass is 16.3. The van der Waals surface area contributed by atoms with Gasteiger partial charge in [0, 0.05) is 18.2 Å². The van der Waals surface area contributed by atoms with Crippen LogP contribution in [0.1, 0.15) is 23.9 Å². The van der Waals surface area contributed by atoms with Gasteiger partial charge in [0.2, 0.25) is 0 Å². The summed E-state index contributed by atoms with van der Waals surface area (Å²) in [4.78, 5) is 0. The van der Waals surface area contributed by atoms with Crippen molar-refractivity contribution in [1.29, 1.82) is 0 Å². The topological polar surface area (TPSA) is 58.3 Å². The molecule has 21 heavy (non-hydrogen) atoms. The van der Waals surface area contributed by atoms with Gasteiger partial charge >= 0.3 is 0 Å². The maximum absolute atomic E-state index is 9.86. The Morgan fingerprint density at radius 2 is 1.76 bits per heavy atom. The van der Waals surface area contributed by atoms with Crippen LogP contribution in [0.15, 0.2) is 36.4 Å². The predicted octanol–water partition coefficient (Wildman–Crippen LogP) is 1.74. The highest BCUT2D eigenvalue weighted by Crippen LogP contribution is 2.27. The molecule has 0 aliphatic carbocycles. The first-order chi connectivity index (χ1) is 10.1. The standard InChI is InChI=1S/C17H24N2O2/c1-3-15-9-16(19(2)18-15)11-17(12-20,13-21)10-14-7-5-4-6-8-14/h4-9,20-21H,3,10-13H2,1-2H3. The molecule has 0 saturated heterocycles. The highest BCUT2D eigenvalue weighted by Gasteiger charge is 2.31. The first-order valence-corrected chi connectivity index (χ1v) is 7.40. The number of benzene rings is 1. The Morgan fingerprint density at radius 3 is 2.29 bits per heavy atom. The molecule has 1 aromatic heterocycles. The molecule has 0 aliphatic heterocycles. The average Bonchev–Trinajstić information content (AvgIpc) is 2.87. The van der Waals surface area contributed by atoms with Gasteiger partial charge in [-0.3, -0.25) is 4.68 Å². The number of hydrogen-bond acceptors (Lipinski definition) is 3. The Morgan fingerprint density at radius 1 is 1.10 bits per heavy atom. The molecule has 4 nitrogen and oxygen atoms in total. The lowest BCUT2D eigenvalue weighted by atomic mass is 9.79. The van der Waals surface area contributed by atoms with Crippen LogP contribution in [-0.4, -0.2) is 33.2 Å². The first kappa shape index (κ1) is 15.7. The molecular weight excluding hydrogens is 264 g/mol. The summed E-state index contributed by atoms with van der Waals surface area (Å²) in [7, 11) is 1.91. The smallest absolute Gasteiger partial charge is 0.0624 e. The van der Waals surface area contributed by atoms with E-state index in [0.717, 1.165) is 23.4 Å². The summed E-state index contributed by atoms with van der Waals surface area (Å²) in [5.74, 6) is 0. The summed E-state index contributed by atoms with van der Waals surface area (Å²) < 4.78 is 1.85. The van der Waals surface area contributed by atoms with E-state index in [1.807, 2.05) is 42.1 Å². The van der Waals surface area contributed by atoms with Gasteiger partial charge in [0.05, 0.1) is 18.9 Å². The van der Waals surface area contributed by atoms with Crippen LogP contribution in [-0.2, 0) is 26.3 Å². The quantitative estimate of drug-likeness (QED) is 0.816. The van der Waals surface area contributed by atoms with Crippen molar-refractivity contribution >= 4 is 0 Å². The molecule has 2 aromatic rings. The number of aromatic nitrogens is 2. The van der Waals surface area contributed by atoms with E-state index in [0.29, 0.717) is 12.8 Å². The minimum absolute atomic E-state index is 0.0506. The van der Waals surface area contributed by atoms with Crippen LogP contribution in [0, 0.1) is 5.41 Å². The molecule has 0 unspecified atom stereocenters. The minimum atomic E-state index is -0.555. The molecule has 0 fully saturated rings. The van der Waals surface area contributed by atoms with Crippen molar-refractivity contribution in [1.82, 2.24) is 9.78 Å². The molecule has 0 saturated carbocycles. The zero-order valence-corrected chi connectivity index (χ0v) is 12.8. The largest absolute Gasteiger partial charge is 0.396 e. The molecule has 0 atom stereocenters. The van der Waals surface area contributed by atoms with Crippen molar-refractivity contribution < 1.29 is 10.2 Å². The SMILES string of the molecule is CCc1cc(CC(CO)(CO)Cc2ccccc2)n(C)n1. The van der Waals surface area contributed by atoms with Crippen LogP contribution >= 0.6 is 0 Å². The van der Waals surface area contributed by atoms with E-state index in [-0.39, 0.29) is 13.2 Å². The number of rotatable bonds is 7. The molecule has 1 aromatic carbocycles. The number of aliphatic hydroxyl groups is 2. The fourth-order valence-corrected chi connectivity index (χ4v) is 2.66. The summed E-state index contributed by atoms with van der Waals surface area (Å²) in [6.45, 7) is 1.97. The van der Waals surface area contributed by atoms with Crippen molar-refractivity contribution in [3.05, 3.63) is 53.3 Å². The van der Waals surface area contributed by atoms with Gasteiger partial charge in [-0.15, -0.1) is 0 Å². The van der Waals surface area contributed by atoms with Gasteiger partial charge in [-0.25, -0.2) is 0 Å². The second-order valence-corrected chi connectivity index (χ2v) is 5.76. The maximum atomic E-state index is 9.86. The van der Waals surface area contributed by atoms with Gasteiger partial charge in [-0.1, -0.05) is 37.3 Å². The Kier molecular flexibility index (Phi) is 5.15. The fourth-order valence-electron chi connectivity index (χ4n) is 2.66. The van der Waals surface area contributed by atoms with Crippen LogP contribution in [0.2, 0.25) is 0 Å². The van der Waals surface area contributed by atoms with E-state index in [9.17, 15) is 10.2 Å². The number of hydrogen-bond donors (Lipinski definition) is 2. The van der Waals surface area contributed by atoms with E-state index < -0.39 is 5.41 Å². The van der Waals surface area contributed by atoms with Gasteiger partial charge in [0.1, 0.15) is 0 Å².